The van der Waals surface area contributed by atoms with Gasteiger partial charge in [0.05, 0.1) is 0 Å². The number of anilines is 2. The van der Waals surface area contributed by atoms with E-state index in [1.54, 1.807) is 30.2 Å². The van der Waals surface area contributed by atoms with Crippen molar-refractivity contribution < 1.29 is 9.13 Å². The van der Waals surface area contributed by atoms with Crippen LogP contribution in [-0.2, 0) is 11.3 Å². The predicted molar refractivity (Wildman–Crippen MR) is 72.2 cm³/mol. The van der Waals surface area contributed by atoms with Crippen LogP contribution in [0.1, 0.15) is 5.82 Å². The molecule has 0 bridgehead atoms. The van der Waals surface area contributed by atoms with Gasteiger partial charge in [-0.15, -0.1) is 0 Å². The Morgan fingerprint density at radius 3 is 2.58 bits per heavy atom. The zero-order valence-corrected chi connectivity index (χ0v) is 11.4. The van der Waals surface area contributed by atoms with Crippen LogP contribution < -0.4 is 4.90 Å². The van der Waals surface area contributed by atoms with Gasteiger partial charge >= 0.3 is 0 Å². The van der Waals surface area contributed by atoms with Crippen LogP contribution >= 0.6 is 11.6 Å². The number of ether oxygens (including phenoxy) is 1. The van der Waals surface area contributed by atoms with Crippen molar-refractivity contribution >= 4 is 23.1 Å². The lowest BCUT2D eigenvalue weighted by molar-refractivity contribution is 0.178. The van der Waals surface area contributed by atoms with Crippen molar-refractivity contribution in [2.75, 3.05) is 19.1 Å². The van der Waals surface area contributed by atoms with Crippen molar-refractivity contribution in [2.45, 2.75) is 6.61 Å². The van der Waals surface area contributed by atoms with E-state index in [2.05, 4.69) is 9.97 Å². The Balaban J connectivity index is 2.32. The third-order valence-corrected chi connectivity index (χ3v) is 2.75. The predicted octanol–water partition coefficient (Wildman–Crippen LogP) is 3.18. The van der Waals surface area contributed by atoms with Crippen LogP contribution in [0.4, 0.5) is 15.9 Å². The summed E-state index contributed by atoms with van der Waals surface area (Å²) in [5.74, 6) is 0.843. The minimum atomic E-state index is -0.280. The van der Waals surface area contributed by atoms with Crippen LogP contribution in [0.2, 0.25) is 5.15 Å². The molecule has 19 heavy (non-hydrogen) atoms. The second-order valence-electron chi connectivity index (χ2n) is 3.93. The van der Waals surface area contributed by atoms with E-state index >= 15 is 0 Å². The first-order valence-electron chi connectivity index (χ1n) is 5.62. The monoisotopic (exact) mass is 281 g/mol. The molecule has 0 aliphatic carbocycles. The fourth-order valence-electron chi connectivity index (χ4n) is 1.61. The first-order valence-corrected chi connectivity index (χ1v) is 5.99. The molecule has 0 amide bonds. The molecule has 100 valence electrons. The van der Waals surface area contributed by atoms with Crippen molar-refractivity contribution in [3.63, 3.8) is 0 Å². The van der Waals surface area contributed by atoms with Gasteiger partial charge in [-0.1, -0.05) is 11.6 Å². The number of benzene rings is 1. The number of methoxy groups -OCH3 is 1. The smallest absolute Gasteiger partial charge is 0.158 e. The summed E-state index contributed by atoms with van der Waals surface area (Å²) < 4.78 is 17.9. The first kappa shape index (κ1) is 13.7. The van der Waals surface area contributed by atoms with E-state index in [9.17, 15) is 4.39 Å². The third kappa shape index (κ3) is 3.39. The highest BCUT2D eigenvalue weighted by atomic mass is 35.5. The molecule has 0 fully saturated rings. The molecule has 0 saturated heterocycles. The van der Waals surface area contributed by atoms with Gasteiger partial charge in [-0.2, -0.15) is 0 Å². The summed E-state index contributed by atoms with van der Waals surface area (Å²) in [5.41, 5.74) is 0.805. The number of nitrogens with zero attached hydrogens (tertiary/aromatic N) is 3. The number of hydrogen-bond donors (Lipinski definition) is 0. The third-order valence-electron chi connectivity index (χ3n) is 2.56. The SMILES string of the molecule is COCc1nc(Cl)cc(N(C)c2ccc(F)cc2)n1. The van der Waals surface area contributed by atoms with Crippen molar-refractivity contribution in [1.29, 1.82) is 0 Å². The van der Waals surface area contributed by atoms with E-state index < -0.39 is 0 Å². The topological polar surface area (TPSA) is 38.2 Å². The molecule has 0 aliphatic rings. The van der Waals surface area contributed by atoms with E-state index in [-0.39, 0.29) is 12.4 Å². The molecular formula is C13H13ClFN3O. The molecule has 4 nitrogen and oxygen atoms in total. The lowest BCUT2D eigenvalue weighted by Gasteiger charge is -2.19. The number of rotatable bonds is 4. The standard InChI is InChI=1S/C13H13ClFN3O/c1-18(10-5-3-9(15)4-6-10)13-7-11(14)16-12(17-13)8-19-2/h3-7H,8H2,1-2H3. The Hall–Kier alpha value is -1.72. The van der Waals surface area contributed by atoms with Crippen LogP contribution in [0, 0.1) is 5.82 Å². The van der Waals surface area contributed by atoms with Gasteiger partial charge in [-0.25, -0.2) is 14.4 Å². The van der Waals surface area contributed by atoms with E-state index in [0.717, 1.165) is 5.69 Å². The molecule has 0 N–H and O–H groups in total. The second-order valence-corrected chi connectivity index (χ2v) is 4.32. The Kier molecular flexibility index (Phi) is 4.29. The van der Waals surface area contributed by atoms with Gasteiger partial charge < -0.3 is 9.64 Å². The van der Waals surface area contributed by atoms with E-state index in [1.165, 1.54) is 12.1 Å². The first-order chi connectivity index (χ1) is 9.10. The van der Waals surface area contributed by atoms with Crippen LogP contribution in [0.25, 0.3) is 0 Å². The molecule has 0 radical (unpaired) electrons. The Labute approximate surface area is 115 Å². The maximum atomic E-state index is 12.9. The van der Waals surface area contributed by atoms with Crippen LogP contribution in [0.5, 0.6) is 0 Å². The molecule has 6 heteroatoms. The second kappa shape index (κ2) is 5.95. The summed E-state index contributed by atoms with van der Waals surface area (Å²) in [6, 6.07) is 7.77. The van der Waals surface area contributed by atoms with Crippen LogP contribution in [0.3, 0.4) is 0 Å². The average Bonchev–Trinajstić information content (AvgIpc) is 2.38. The van der Waals surface area contributed by atoms with Crippen molar-refractivity contribution in [3.05, 3.63) is 47.1 Å². The molecule has 0 saturated carbocycles. The molecule has 2 aromatic rings. The molecule has 2 rings (SSSR count). The number of halogens is 2. The van der Waals surface area contributed by atoms with Crippen molar-refractivity contribution in [2.24, 2.45) is 0 Å². The molecule has 1 aromatic carbocycles. The quantitative estimate of drug-likeness (QED) is 0.807. The van der Waals surface area contributed by atoms with Gasteiger partial charge in [-0.3, -0.25) is 0 Å². The summed E-state index contributed by atoms with van der Waals surface area (Å²) >= 11 is 5.95. The zero-order valence-electron chi connectivity index (χ0n) is 10.6. The van der Waals surface area contributed by atoms with Gasteiger partial charge in [0.2, 0.25) is 0 Å². The molecule has 0 aliphatic heterocycles. The van der Waals surface area contributed by atoms with Crippen molar-refractivity contribution in [3.8, 4) is 0 Å². The Morgan fingerprint density at radius 1 is 1.26 bits per heavy atom. The van der Waals surface area contributed by atoms with E-state index in [4.69, 9.17) is 16.3 Å². The van der Waals surface area contributed by atoms with Crippen LogP contribution in [-0.4, -0.2) is 24.1 Å². The number of hydrogen-bond acceptors (Lipinski definition) is 4. The Bertz CT molecular complexity index is 562. The normalized spacial score (nSPS) is 10.5. The highest BCUT2D eigenvalue weighted by Crippen LogP contribution is 2.23. The summed E-state index contributed by atoms with van der Waals surface area (Å²) in [7, 11) is 3.39. The van der Waals surface area contributed by atoms with Gasteiger partial charge in [0.1, 0.15) is 23.4 Å². The van der Waals surface area contributed by atoms with Gasteiger partial charge in [-0.05, 0) is 24.3 Å². The summed E-state index contributed by atoms with van der Waals surface area (Å²) in [6.45, 7) is 0.283. The minimum absolute atomic E-state index is 0.280. The molecule has 0 spiro atoms. The van der Waals surface area contributed by atoms with Gasteiger partial charge in [0.25, 0.3) is 0 Å². The maximum Gasteiger partial charge on any atom is 0.158 e. The van der Waals surface area contributed by atoms with Crippen LogP contribution in [0.15, 0.2) is 30.3 Å². The fraction of sp³-hybridized carbons (Fsp3) is 0.231. The minimum Gasteiger partial charge on any atom is -0.377 e. The summed E-state index contributed by atoms with van der Waals surface area (Å²) in [5, 5.41) is 0.339. The zero-order chi connectivity index (χ0) is 13.8. The lowest BCUT2D eigenvalue weighted by atomic mass is 10.3. The highest BCUT2D eigenvalue weighted by Gasteiger charge is 2.09. The largest absolute Gasteiger partial charge is 0.377 e. The van der Waals surface area contributed by atoms with Gasteiger partial charge in [0, 0.05) is 25.9 Å². The Morgan fingerprint density at radius 2 is 1.95 bits per heavy atom. The van der Waals surface area contributed by atoms with E-state index in [1.807, 2.05) is 7.05 Å². The summed E-state index contributed by atoms with van der Waals surface area (Å²) in [6.07, 6.45) is 0. The molecule has 1 heterocycles. The average molecular weight is 282 g/mol. The highest BCUT2D eigenvalue weighted by molar-refractivity contribution is 6.29. The molecular weight excluding hydrogens is 269 g/mol. The maximum absolute atomic E-state index is 12.9. The van der Waals surface area contributed by atoms with Gasteiger partial charge in [0.15, 0.2) is 5.82 Å². The molecule has 1 aromatic heterocycles. The fourth-order valence-corrected chi connectivity index (χ4v) is 1.81. The van der Waals surface area contributed by atoms with E-state index in [0.29, 0.717) is 16.8 Å². The molecule has 0 unspecified atom stereocenters. The van der Waals surface area contributed by atoms with Crippen molar-refractivity contribution in [1.82, 2.24) is 9.97 Å². The number of aromatic nitrogens is 2. The molecule has 0 atom stereocenters. The lowest BCUT2D eigenvalue weighted by Crippen LogP contribution is -2.13. The summed E-state index contributed by atoms with van der Waals surface area (Å²) in [4.78, 5) is 10.2.